The monoisotopic (exact) mass is 493 g/mol. The highest BCUT2D eigenvalue weighted by Gasteiger charge is 2.59. The predicted octanol–water partition coefficient (Wildman–Crippen LogP) is 1.94. The molecule has 1 saturated carbocycles. The van der Waals surface area contributed by atoms with E-state index in [1.165, 1.54) is 0 Å². The van der Waals surface area contributed by atoms with Crippen molar-refractivity contribution in [1.29, 1.82) is 5.26 Å². The van der Waals surface area contributed by atoms with Gasteiger partial charge in [-0.1, -0.05) is 0 Å². The number of carbonyl (C=O) groups is 1. The molecule has 2 saturated heterocycles. The number of nitrogens with one attached hydrogen (secondary N) is 1. The maximum absolute atomic E-state index is 14.0. The molecule has 4 heterocycles. The minimum absolute atomic E-state index is 0.00835. The Morgan fingerprint density at radius 1 is 1.43 bits per heavy atom. The number of alkyl halides is 3. The van der Waals surface area contributed by atoms with Crippen LogP contribution in [0.2, 0.25) is 0 Å². The third-order valence-electron chi connectivity index (χ3n) is 8.15. The molecule has 1 amide bonds. The third kappa shape index (κ3) is 4.47. The molecule has 1 aliphatic carbocycles. The third-order valence-corrected chi connectivity index (χ3v) is 8.15. The van der Waals surface area contributed by atoms with E-state index >= 15 is 0 Å². The van der Waals surface area contributed by atoms with E-state index in [1.54, 1.807) is 16.9 Å². The van der Waals surface area contributed by atoms with Crippen molar-refractivity contribution in [3.05, 3.63) is 29.1 Å². The molecule has 0 aromatic carbocycles. The van der Waals surface area contributed by atoms with Crippen LogP contribution < -0.4 is 5.32 Å². The van der Waals surface area contributed by atoms with Crippen molar-refractivity contribution in [1.82, 2.24) is 20.1 Å². The van der Waals surface area contributed by atoms with Gasteiger partial charge >= 0.3 is 6.18 Å². The number of ether oxygens (including phenoxy) is 2. The van der Waals surface area contributed by atoms with Crippen molar-refractivity contribution in [3.63, 3.8) is 0 Å². The predicted molar refractivity (Wildman–Crippen MR) is 118 cm³/mol. The summed E-state index contributed by atoms with van der Waals surface area (Å²) in [6, 6.07) is 1.34. The van der Waals surface area contributed by atoms with Crippen molar-refractivity contribution >= 4 is 5.91 Å². The zero-order valence-corrected chi connectivity index (χ0v) is 19.7. The van der Waals surface area contributed by atoms with Crippen LogP contribution in [-0.2, 0) is 33.4 Å². The second-order valence-electron chi connectivity index (χ2n) is 10.2. The van der Waals surface area contributed by atoms with Crippen LogP contribution in [0.1, 0.15) is 36.1 Å². The summed E-state index contributed by atoms with van der Waals surface area (Å²) in [6.45, 7) is 2.56. The lowest BCUT2D eigenvalue weighted by Crippen LogP contribution is -2.52. The SMILES string of the molecule is CO[C@@H]1COCC[C@@H]1N[C@@H]1C[C@H]2CN(C#N)C[C@@]2(C(=O)N2CCc3ncc(C(F)(F)F)cc3C2)C1. The molecule has 190 valence electrons. The van der Waals surface area contributed by atoms with E-state index in [0.29, 0.717) is 56.9 Å². The number of hydrogen-bond donors (Lipinski definition) is 1. The van der Waals surface area contributed by atoms with Gasteiger partial charge in [0.25, 0.3) is 0 Å². The number of fused-ring (bicyclic) bond motifs is 2. The van der Waals surface area contributed by atoms with Crippen molar-refractivity contribution in [3.8, 4) is 6.19 Å². The van der Waals surface area contributed by atoms with Gasteiger partial charge in [-0.15, -0.1) is 0 Å². The number of nitriles is 1. The zero-order chi connectivity index (χ0) is 24.8. The van der Waals surface area contributed by atoms with Gasteiger partial charge in [0.2, 0.25) is 5.91 Å². The highest BCUT2D eigenvalue weighted by Crippen LogP contribution is 2.50. The van der Waals surface area contributed by atoms with E-state index in [1.807, 2.05) is 0 Å². The molecule has 1 N–H and O–H groups in total. The summed E-state index contributed by atoms with van der Waals surface area (Å²) in [5.41, 5.74) is -0.474. The van der Waals surface area contributed by atoms with Gasteiger partial charge in [0.15, 0.2) is 6.19 Å². The van der Waals surface area contributed by atoms with Gasteiger partial charge in [-0.25, -0.2) is 0 Å². The molecular weight excluding hydrogens is 463 g/mol. The summed E-state index contributed by atoms with van der Waals surface area (Å²) < 4.78 is 50.8. The highest BCUT2D eigenvalue weighted by molar-refractivity contribution is 5.84. The number of likely N-dealkylation sites (tertiary alicyclic amines) is 1. The van der Waals surface area contributed by atoms with Crippen LogP contribution in [-0.4, -0.2) is 78.8 Å². The fourth-order valence-electron chi connectivity index (χ4n) is 6.41. The molecule has 5 atom stereocenters. The summed E-state index contributed by atoms with van der Waals surface area (Å²) in [4.78, 5) is 21.3. The van der Waals surface area contributed by atoms with E-state index in [9.17, 15) is 23.2 Å². The fourth-order valence-corrected chi connectivity index (χ4v) is 6.41. The summed E-state index contributed by atoms with van der Waals surface area (Å²) >= 11 is 0. The Morgan fingerprint density at radius 3 is 3.00 bits per heavy atom. The summed E-state index contributed by atoms with van der Waals surface area (Å²) in [5, 5.41) is 13.2. The Labute approximate surface area is 202 Å². The first-order valence-electron chi connectivity index (χ1n) is 12.1. The van der Waals surface area contributed by atoms with Gasteiger partial charge in [0.05, 0.1) is 23.7 Å². The number of nitrogens with zero attached hydrogens (tertiary/aromatic N) is 4. The Morgan fingerprint density at radius 2 is 2.26 bits per heavy atom. The minimum atomic E-state index is -4.48. The van der Waals surface area contributed by atoms with Gasteiger partial charge in [-0.05, 0) is 36.8 Å². The molecule has 0 unspecified atom stereocenters. The molecule has 11 heteroatoms. The molecule has 4 aliphatic rings. The van der Waals surface area contributed by atoms with E-state index in [4.69, 9.17) is 9.47 Å². The van der Waals surface area contributed by atoms with Crippen LogP contribution in [0.3, 0.4) is 0 Å². The van der Waals surface area contributed by atoms with Gasteiger partial charge in [0.1, 0.15) is 0 Å². The first kappa shape index (κ1) is 24.3. The van der Waals surface area contributed by atoms with Crippen LogP contribution >= 0.6 is 0 Å². The largest absolute Gasteiger partial charge is 0.417 e. The zero-order valence-electron chi connectivity index (χ0n) is 19.7. The van der Waals surface area contributed by atoms with E-state index in [2.05, 4.69) is 16.5 Å². The lowest BCUT2D eigenvalue weighted by molar-refractivity contribution is -0.143. The van der Waals surface area contributed by atoms with Crippen molar-refractivity contribution in [2.45, 2.75) is 56.6 Å². The fraction of sp³-hybridized carbons (Fsp3) is 0.708. The van der Waals surface area contributed by atoms with Gasteiger partial charge in [-0.3, -0.25) is 9.78 Å². The normalized spacial score (nSPS) is 32.8. The Hall–Kier alpha value is -2.42. The van der Waals surface area contributed by atoms with Crippen LogP contribution in [0.15, 0.2) is 12.3 Å². The number of hydrogen-bond acceptors (Lipinski definition) is 7. The highest BCUT2D eigenvalue weighted by atomic mass is 19.4. The molecule has 3 fully saturated rings. The van der Waals surface area contributed by atoms with Crippen molar-refractivity contribution < 1.29 is 27.4 Å². The van der Waals surface area contributed by atoms with Crippen LogP contribution in [0, 0.1) is 22.8 Å². The molecule has 35 heavy (non-hydrogen) atoms. The molecule has 1 aromatic rings. The molecule has 0 bridgehead atoms. The Bertz CT molecular complexity index is 1020. The number of rotatable bonds is 4. The maximum Gasteiger partial charge on any atom is 0.417 e. The lowest BCUT2D eigenvalue weighted by Gasteiger charge is -2.37. The topological polar surface area (TPSA) is 90.7 Å². The molecular formula is C24H30F3N5O3. The van der Waals surface area contributed by atoms with E-state index in [0.717, 1.165) is 25.1 Å². The average molecular weight is 494 g/mol. The van der Waals surface area contributed by atoms with Crippen LogP contribution in [0.25, 0.3) is 0 Å². The van der Waals surface area contributed by atoms with Gasteiger partial charge in [0, 0.05) is 70.3 Å². The molecule has 0 radical (unpaired) electrons. The van der Waals surface area contributed by atoms with Crippen LogP contribution in [0.5, 0.6) is 0 Å². The Kier molecular flexibility index (Phi) is 6.40. The maximum atomic E-state index is 14.0. The first-order chi connectivity index (χ1) is 16.7. The lowest BCUT2D eigenvalue weighted by atomic mass is 9.78. The summed E-state index contributed by atoms with van der Waals surface area (Å²) in [5.74, 6) is -0.0584. The smallest absolute Gasteiger partial charge is 0.379 e. The molecule has 3 aliphatic heterocycles. The average Bonchev–Trinajstić information content (AvgIpc) is 3.37. The molecule has 8 nitrogen and oxygen atoms in total. The number of aromatic nitrogens is 1. The number of halogens is 3. The molecule has 0 spiro atoms. The van der Waals surface area contributed by atoms with Crippen LogP contribution in [0.4, 0.5) is 13.2 Å². The second-order valence-corrected chi connectivity index (χ2v) is 10.2. The second kappa shape index (κ2) is 9.22. The summed E-state index contributed by atoms with van der Waals surface area (Å²) in [6.07, 6.45) is 1.12. The van der Waals surface area contributed by atoms with Crippen molar-refractivity contribution in [2.24, 2.45) is 11.3 Å². The minimum Gasteiger partial charge on any atom is -0.379 e. The number of pyridine rings is 1. The van der Waals surface area contributed by atoms with Gasteiger partial charge in [-0.2, -0.15) is 18.4 Å². The number of amides is 1. The first-order valence-corrected chi connectivity index (χ1v) is 12.1. The standard InChI is InChI=1S/C24H30F3N5O3/c1-34-21-12-35-5-3-20(21)30-18-7-17-11-31(14-28)13-23(17,8-18)22(33)32-4-2-19-15(10-32)6-16(9-29-19)24(25,26)27/h6,9,17-18,20-21,30H,2-5,7-8,10-13H2,1H3/t17-,18+,20-,21+,23-/m0/s1. The summed E-state index contributed by atoms with van der Waals surface area (Å²) in [7, 11) is 1.67. The number of methoxy groups -OCH3 is 1. The molecule has 5 rings (SSSR count). The molecule has 1 aromatic heterocycles. The van der Waals surface area contributed by atoms with Crippen molar-refractivity contribution in [2.75, 3.05) is 40.0 Å². The number of carbonyl (C=O) groups excluding carboxylic acids is 1. The van der Waals surface area contributed by atoms with E-state index in [-0.39, 0.29) is 36.6 Å². The van der Waals surface area contributed by atoms with E-state index < -0.39 is 17.2 Å². The van der Waals surface area contributed by atoms with Gasteiger partial charge < -0.3 is 24.6 Å². The quantitative estimate of drug-likeness (QED) is 0.641. The Balaban J connectivity index is 1.35.